The Morgan fingerprint density at radius 2 is 1.69 bits per heavy atom. The SMILES string of the molecule is [C-]#[N+]c1sccc1-c1c(-c2ccc(CCC(=O)OC)cc2)n(S(=O)(=O)c2ccc(OC)cc2)c2ccccc12. The van der Waals surface area contributed by atoms with E-state index in [2.05, 4.69) is 4.85 Å². The van der Waals surface area contributed by atoms with Gasteiger partial charge in [0.1, 0.15) is 5.75 Å². The topological polar surface area (TPSA) is 79.0 Å². The minimum atomic E-state index is -4.07. The van der Waals surface area contributed by atoms with Crippen molar-refractivity contribution in [1.82, 2.24) is 3.97 Å². The Balaban J connectivity index is 1.79. The van der Waals surface area contributed by atoms with Crippen LogP contribution in [0, 0.1) is 6.57 Å². The van der Waals surface area contributed by atoms with E-state index in [1.807, 2.05) is 47.8 Å². The van der Waals surface area contributed by atoms with Gasteiger partial charge < -0.3 is 9.47 Å². The van der Waals surface area contributed by atoms with E-state index in [0.717, 1.165) is 10.9 Å². The molecule has 196 valence electrons. The highest BCUT2D eigenvalue weighted by Gasteiger charge is 2.29. The Kier molecular flexibility index (Phi) is 7.24. The molecule has 0 radical (unpaired) electrons. The number of hydrogen-bond donors (Lipinski definition) is 0. The molecule has 39 heavy (non-hydrogen) atoms. The maximum atomic E-state index is 14.3. The fourth-order valence-electron chi connectivity index (χ4n) is 4.60. The molecule has 0 fully saturated rings. The third kappa shape index (κ3) is 4.80. The fourth-order valence-corrected chi connectivity index (χ4v) is 6.83. The standard InChI is InChI=1S/C30H24N2O5S2/c1-31-30-25(18-19-38-30)28-24-6-4-5-7-26(24)32(39(34,35)23-15-13-22(36-2)14-16-23)29(28)21-11-8-20(9-12-21)10-17-27(33)37-3/h4-9,11-16,18-19H,10,17H2,2-3H3. The first-order chi connectivity index (χ1) is 18.9. The molecule has 0 aliphatic rings. The number of ether oxygens (including phenoxy) is 2. The lowest BCUT2D eigenvalue weighted by molar-refractivity contribution is -0.140. The van der Waals surface area contributed by atoms with E-state index in [1.165, 1.54) is 41.7 Å². The molecule has 0 unspecified atom stereocenters. The van der Waals surface area contributed by atoms with Gasteiger partial charge in [0.25, 0.3) is 10.0 Å². The quantitative estimate of drug-likeness (QED) is 0.153. The van der Waals surface area contributed by atoms with Gasteiger partial charge in [-0.05, 0) is 53.3 Å². The van der Waals surface area contributed by atoms with Gasteiger partial charge >= 0.3 is 5.97 Å². The molecule has 0 N–H and O–H groups in total. The predicted octanol–water partition coefficient (Wildman–Crippen LogP) is 6.94. The smallest absolute Gasteiger partial charge is 0.305 e. The van der Waals surface area contributed by atoms with E-state index in [0.29, 0.717) is 45.1 Å². The molecule has 0 spiro atoms. The summed E-state index contributed by atoms with van der Waals surface area (Å²) in [4.78, 5) is 15.4. The third-order valence-corrected chi connectivity index (χ3v) is 9.05. The Morgan fingerprint density at radius 3 is 2.36 bits per heavy atom. The van der Waals surface area contributed by atoms with Crippen LogP contribution in [0.2, 0.25) is 0 Å². The van der Waals surface area contributed by atoms with Crippen LogP contribution in [0.1, 0.15) is 12.0 Å². The molecule has 9 heteroatoms. The number of benzene rings is 3. The summed E-state index contributed by atoms with van der Waals surface area (Å²) < 4.78 is 39.9. The second-order valence-electron chi connectivity index (χ2n) is 8.71. The normalized spacial score (nSPS) is 11.3. The summed E-state index contributed by atoms with van der Waals surface area (Å²) in [5.41, 5.74) is 3.92. The van der Waals surface area contributed by atoms with Gasteiger partial charge in [0.2, 0.25) is 5.00 Å². The van der Waals surface area contributed by atoms with Crippen LogP contribution < -0.4 is 4.74 Å². The molecule has 0 atom stereocenters. The predicted molar refractivity (Wildman–Crippen MR) is 153 cm³/mol. The number of fused-ring (bicyclic) bond motifs is 1. The van der Waals surface area contributed by atoms with Crippen LogP contribution in [0.4, 0.5) is 5.00 Å². The first kappa shape index (κ1) is 26.2. The van der Waals surface area contributed by atoms with Crippen molar-refractivity contribution in [3.8, 4) is 28.1 Å². The van der Waals surface area contributed by atoms with Crippen LogP contribution in [0.5, 0.6) is 5.75 Å². The third-order valence-electron chi connectivity index (χ3n) is 6.52. The van der Waals surface area contributed by atoms with E-state index in [9.17, 15) is 13.2 Å². The lowest BCUT2D eigenvalue weighted by atomic mass is 9.98. The Hall–Kier alpha value is -4.39. The van der Waals surface area contributed by atoms with Gasteiger partial charge in [0.15, 0.2) is 0 Å². The minimum absolute atomic E-state index is 0.113. The summed E-state index contributed by atoms with van der Waals surface area (Å²) in [7, 11) is -1.18. The Labute approximate surface area is 230 Å². The molecule has 0 bridgehead atoms. The molecule has 2 aromatic heterocycles. The van der Waals surface area contributed by atoms with Gasteiger partial charge in [-0.15, -0.1) is 0 Å². The highest BCUT2D eigenvalue weighted by atomic mass is 32.2. The van der Waals surface area contributed by atoms with Crippen molar-refractivity contribution in [3.05, 3.63) is 101 Å². The zero-order valence-corrected chi connectivity index (χ0v) is 22.9. The number of para-hydroxylation sites is 1. The molecule has 3 aromatic carbocycles. The minimum Gasteiger partial charge on any atom is -0.497 e. The van der Waals surface area contributed by atoms with Gasteiger partial charge in [-0.1, -0.05) is 48.5 Å². The van der Waals surface area contributed by atoms with Crippen LogP contribution in [0.25, 0.3) is 38.1 Å². The summed E-state index contributed by atoms with van der Waals surface area (Å²) in [5.74, 6) is 0.256. The maximum Gasteiger partial charge on any atom is 0.305 e. The second-order valence-corrected chi connectivity index (χ2v) is 11.4. The van der Waals surface area contributed by atoms with Gasteiger partial charge in [-0.2, -0.15) is 11.3 Å². The number of nitrogens with zero attached hydrogens (tertiary/aromatic N) is 2. The zero-order valence-electron chi connectivity index (χ0n) is 21.2. The summed E-state index contributed by atoms with van der Waals surface area (Å²) >= 11 is 1.32. The molecule has 0 aliphatic carbocycles. The Morgan fingerprint density at radius 1 is 0.974 bits per heavy atom. The summed E-state index contributed by atoms with van der Waals surface area (Å²) in [6.45, 7) is 7.72. The van der Waals surface area contributed by atoms with Crippen LogP contribution in [0.15, 0.2) is 89.1 Å². The summed E-state index contributed by atoms with van der Waals surface area (Å²) in [6.07, 6.45) is 0.746. The van der Waals surface area contributed by atoms with Crippen molar-refractivity contribution in [2.24, 2.45) is 0 Å². The van der Waals surface area contributed by atoms with E-state index in [1.54, 1.807) is 24.3 Å². The average Bonchev–Trinajstić information content (AvgIpc) is 3.58. The van der Waals surface area contributed by atoms with E-state index < -0.39 is 10.0 Å². The van der Waals surface area contributed by atoms with Crippen LogP contribution >= 0.6 is 11.3 Å². The van der Waals surface area contributed by atoms with E-state index >= 15 is 0 Å². The molecule has 5 aromatic rings. The van der Waals surface area contributed by atoms with Gasteiger partial charge in [-0.3, -0.25) is 4.79 Å². The monoisotopic (exact) mass is 556 g/mol. The molecule has 0 aliphatic heterocycles. The van der Waals surface area contributed by atoms with Gasteiger partial charge in [0.05, 0.1) is 36.9 Å². The van der Waals surface area contributed by atoms with E-state index in [4.69, 9.17) is 16.0 Å². The van der Waals surface area contributed by atoms with Crippen molar-refractivity contribution in [3.63, 3.8) is 0 Å². The van der Waals surface area contributed by atoms with Crippen LogP contribution in [0.3, 0.4) is 0 Å². The number of hydrogen-bond acceptors (Lipinski definition) is 6. The Bertz CT molecular complexity index is 1810. The highest BCUT2D eigenvalue weighted by Crippen LogP contribution is 2.47. The highest BCUT2D eigenvalue weighted by molar-refractivity contribution is 7.90. The van der Waals surface area contributed by atoms with Crippen LogP contribution in [-0.2, 0) is 26.0 Å². The lowest BCUT2D eigenvalue weighted by Crippen LogP contribution is -2.14. The lowest BCUT2D eigenvalue weighted by Gasteiger charge is -2.14. The van der Waals surface area contributed by atoms with E-state index in [-0.39, 0.29) is 17.3 Å². The number of aryl methyl sites for hydroxylation is 1. The van der Waals surface area contributed by atoms with Gasteiger partial charge in [0, 0.05) is 22.9 Å². The number of carbonyl (C=O) groups is 1. The molecule has 7 nitrogen and oxygen atoms in total. The van der Waals surface area contributed by atoms with Crippen molar-refractivity contribution in [2.45, 2.75) is 17.7 Å². The molecular weight excluding hydrogens is 532 g/mol. The number of aromatic nitrogens is 1. The molecule has 0 amide bonds. The number of thiophene rings is 1. The number of rotatable bonds is 8. The van der Waals surface area contributed by atoms with Gasteiger partial charge in [-0.25, -0.2) is 17.2 Å². The van der Waals surface area contributed by atoms with Crippen molar-refractivity contribution in [1.29, 1.82) is 0 Å². The first-order valence-electron chi connectivity index (χ1n) is 12.0. The number of carbonyl (C=O) groups excluding carboxylic acids is 1. The van der Waals surface area contributed by atoms with Crippen LogP contribution in [-0.4, -0.2) is 32.6 Å². The zero-order chi connectivity index (χ0) is 27.6. The van der Waals surface area contributed by atoms with Crippen molar-refractivity contribution in [2.75, 3.05) is 14.2 Å². The molecule has 0 saturated carbocycles. The van der Waals surface area contributed by atoms with Crippen molar-refractivity contribution < 1.29 is 22.7 Å². The fraction of sp³-hybridized carbons (Fsp3) is 0.133. The number of methoxy groups -OCH3 is 2. The summed E-state index contributed by atoms with van der Waals surface area (Å²) in [6, 6.07) is 22.9. The second kappa shape index (κ2) is 10.8. The average molecular weight is 557 g/mol. The molecule has 5 rings (SSSR count). The largest absolute Gasteiger partial charge is 0.497 e. The summed E-state index contributed by atoms with van der Waals surface area (Å²) in [5, 5.41) is 3.05. The maximum absolute atomic E-state index is 14.3. The molecule has 0 saturated heterocycles. The molecule has 2 heterocycles. The first-order valence-corrected chi connectivity index (χ1v) is 14.4. The number of esters is 1. The molecular formula is C30H24N2O5S2. The van der Waals surface area contributed by atoms with Crippen molar-refractivity contribution >= 4 is 43.2 Å².